The number of benzene rings is 1. The van der Waals surface area contributed by atoms with Crippen molar-refractivity contribution in [3.63, 3.8) is 0 Å². The average Bonchev–Trinajstić information content (AvgIpc) is 2.35. The van der Waals surface area contributed by atoms with Crippen LogP contribution in [0.2, 0.25) is 0 Å². The minimum Gasteiger partial charge on any atom is -0.487 e. The van der Waals surface area contributed by atoms with E-state index < -0.39 is 34.4 Å². The molecule has 1 aromatic rings. The van der Waals surface area contributed by atoms with Crippen LogP contribution in [-0.2, 0) is 0 Å². The number of halogens is 4. The second-order valence-electron chi connectivity index (χ2n) is 5.05. The van der Waals surface area contributed by atoms with Gasteiger partial charge in [0.15, 0.2) is 17.4 Å². The normalized spacial score (nSPS) is 11.5. The molecule has 20 heavy (non-hydrogen) atoms. The summed E-state index contributed by atoms with van der Waals surface area (Å²) < 4.78 is 57.1. The quantitative estimate of drug-likeness (QED) is 0.278. The predicted molar refractivity (Wildman–Crippen MR) is 66.7 cm³/mol. The van der Waals surface area contributed by atoms with Gasteiger partial charge in [-0.2, -0.15) is 8.78 Å². The van der Waals surface area contributed by atoms with Gasteiger partial charge in [0.25, 0.3) is 0 Å². The predicted octanol–water partition coefficient (Wildman–Crippen LogP) is 3.36. The van der Waals surface area contributed by atoms with E-state index in [4.69, 9.17) is 15.9 Å². The summed E-state index contributed by atoms with van der Waals surface area (Å²) >= 11 is 0. The molecule has 0 aliphatic heterocycles. The molecule has 0 saturated carbocycles. The molecule has 0 amide bonds. The summed E-state index contributed by atoms with van der Waals surface area (Å²) in [6, 6.07) is 0.121. The highest BCUT2D eigenvalue weighted by atomic mass is 19.2. The average molecular weight is 292 g/mol. The highest BCUT2D eigenvalue weighted by Gasteiger charge is 2.23. The fourth-order valence-corrected chi connectivity index (χ4v) is 1.50. The standard InChI is InChI=1S/C13H16F4N2O/c1-13(2,12(18)19)4-3-5-20-11-9(16)7(14)6-8(15)10(11)17/h6H,3-5H2,1-2H3,(H3,18,19). The van der Waals surface area contributed by atoms with E-state index in [9.17, 15) is 17.6 Å². The van der Waals surface area contributed by atoms with E-state index in [0.29, 0.717) is 12.8 Å². The summed E-state index contributed by atoms with van der Waals surface area (Å²) in [6.45, 7) is 3.32. The Kier molecular flexibility index (Phi) is 4.97. The Morgan fingerprint density at radius 3 is 2.15 bits per heavy atom. The fraction of sp³-hybridized carbons (Fsp3) is 0.462. The monoisotopic (exact) mass is 292 g/mol. The van der Waals surface area contributed by atoms with Crippen LogP contribution in [0, 0.1) is 34.1 Å². The molecule has 1 aromatic carbocycles. The van der Waals surface area contributed by atoms with Crippen LogP contribution in [0.1, 0.15) is 26.7 Å². The van der Waals surface area contributed by atoms with Crippen molar-refractivity contribution in [1.29, 1.82) is 5.41 Å². The number of nitrogens with two attached hydrogens (primary N) is 1. The van der Waals surface area contributed by atoms with E-state index in [1.807, 2.05) is 0 Å². The van der Waals surface area contributed by atoms with Crippen LogP contribution in [0.15, 0.2) is 6.07 Å². The topological polar surface area (TPSA) is 59.1 Å². The second kappa shape index (κ2) is 6.11. The summed E-state index contributed by atoms with van der Waals surface area (Å²) in [5.74, 6) is -7.23. The molecule has 1 rings (SSSR count). The van der Waals surface area contributed by atoms with Gasteiger partial charge in [0.05, 0.1) is 12.4 Å². The van der Waals surface area contributed by atoms with Crippen molar-refractivity contribution >= 4 is 5.84 Å². The number of nitrogens with one attached hydrogen (secondary N) is 1. The largest absolute Gasteiger partial charge is 0.487 e. The Balaban J connectivity index is 2.66. The van der Waals surface area contributed by atoms with Crippen molar-refractivity contribution in [3.8, 4) is 5.75 Å². The zero-order valence-corrected chi connectivity index (χ0v) is 11.2. The van der Waals surface area contributed by atoms with Gasteiger partial charge in [-0.15, -0.1) is 0 Å². The Bertz CT molecular complexity index is 491. The molecular formula is C13H16F4N2O. The lowest BCUT2D eigenvalue weighted by Crippen LogP contribution is -2.31. The third kappa shape index (κ3) is 3.61. The maximum atomic E-state index is 13.3. The molecule has 0 bridgehead atoms. The Labute approximate surface area is 114 Å². The maximum absolute atomic E-state index is 13.3. The van der Waals surface area contributed by atoms with E-state index in [0.717, 1.165) is 0 Å². The Hall–Kier alpha value is -1.79. The van der Waals surface area contributed by atoms with E-state index in [-0.39, 0.29) is 18.5 Å². The van der Waals surface area contributed by atoms with Crippen molar-refractivity contribution in [2.45, 2.75) is 26.7 Å². The number of rotatable bonds is 6. The van der Waals surface area contributed by atoms with Gasteiger partial charge in [-0.25, -0.2) is 8.78 Å². The van der Waals surface area contributed by atoms with Crippen LogP contribution in [0.25, 0.3) is 0 Å². The molecule has 0 saturated heterocycles. The molecule has 0 fully saturated rings. The van der Waals surface area contributed by atoms with E-state index in [1.54, 1.807) is 13.8 Å². The smallest absolute Gasteiger partial charge is 0.203 e. The van der Waals surface area contributed by atoms with Crippen LogP contribution in [0.5, 0.6) is 5.75 Å². The first-order valence-corrected chi connectivity index (χ1v) is 5.97. The zero-order valence-electron chi connectivity index (χ0n) is 11.2. The Morgan fingerprint density at radius 1 is 1.20 bits per heavy atom. The summed E-state index contributed by atoms with van der Waals surface area (Å²) in [7, 11) is 0. The maximum Gasteiger partial charge on any atom is 0.203 e. The number of hydrogen-bond acceptors (Lipinski definition) is 2. The highest BCUT2D eigenvalue weighted by Crippen LogP contribution is 2.27. The third-order valence-corrected chi connectivity index (χ3v) is 2.99. The molecule has 3 nitrogen and oxygen atoms in total. The number of hydrogen-bond donors (Lipinski definition) is 2. The lowest BCUT2D eigenvalue weighted by molar-refractivity contribution is 0.253. The number of ether oxygens (including phenoxy) is 1. The van der Waals surface area contributed by atoms with Gasteiger partial charge in [0.1, 0.15) is 0 Å². The molecule has 112 valence electrons. The van der Waals surface area contributed by atoms with E-state index in [1.165, 1.54) is 0 Å². The van der Waals surface area contributed by atoms with E-state index in [2.05, 4.69) is 0 Å². The van der Waals surface area contributed by atoms with Gasteiger partial charge in [-0.3, -0.25) is 5.41 Å². The summed E-state index contributed by atoms with van der Waals surface area (Å²) in [4.78, 5) is 0. The van der Waals surface area contributed by atoms with Crippen molar-refractivity contribution in [3.05, 3.63) is 29.3 Å². The minimum absolute atomic E-state index is 0.0216. The molecular weight excluding hydrogens is 276 g/mol. The first kappa shape index (κ1) is 16.3. The van der Waals surface area contributed by atoms with Gasteiger partial charge >= 0.3 is 0 Å². The SMILES string of the molecule is CC(C)(CCCOc1c(F)c(F)cc(F)c1F)C(=N)N. The summed E-state index contributed by atoms with van der Waals surface area (Å²) in [5.41, 5.74) is 4.80. The van der Waals surface area contributed by atoms with Gasteiger partial charge < -0.3 is 10.5 Å². The molecule has 0 radical (unpaired) electrons. The molecule has 0 aliphatic rings. The minimum atomic E-state index is -1.56. The molecule has 0 heterocycles. The first-order chi connectivity index (χ1) is 9.16. The van der Waals surface area contributed by atoms with Crippen LogP contribution >= 0.6 is 0 Å². The van der Waals surface area contributed by atoms with Gasteiger partial charge in [-0.05, 0) is 12.8 Å². The van der Waals surface area contributed by atoms with Gasteiger partial charge in [-0.1, -0.05) is 13.8 Å². The second-order valence-corrected chi connectivity index (χ2v) is 5.05. The summed E-state index contributed by atoms with van der Waals surface area (Å²) in [6.07, 6.45) is 0.757. The third-order valence-electron chi connectivity index (χ3n) is 2.99. The first-order valence-electron chi connectivity index (χ1n) is 5.97. The van der Waals surface area contributed by atoms with E-state index >= 15 is 0 Å². The molecule has 0 aromatic heterocycles. The fourth-order valence-electron chi connectivity index (χ4n) is 1.50. The van der Waals surface area contributed by atoms with Gasteiger partial charge in [0.2, 0.25) is 11.6 Å². The molecule has 0 unspecified atom stereocenters. The van der Waals surface area contributed by atoms with Crippen molar-refractivity contribution in [2.75, 3.05) is 6.61 Å². The summed E-state index contributed by atoms with van der Waals surface area (Å²) in [5, 5.41) is 7.34. The van der Waals surface area contributed by atoms with Crippen molar-refractivity contribution < 1.29 is 22.3 Å². The van der Waals surface area contributed by atoms with Crippen molar-refractivity contribution in [2.24, 2.45) is 11.1 Å². The van der Waals surface area contributed by atoms with Crippen molar-refractivity contribution in [1.82, 2.24) is 0 Å². The lowest BCUT2D eigenvalue weighted by atomic mass is 9.87. The highest BCUT2D eigenvalue weighted by molar-refractivity contribution is 5.82. The number of amidine groups is 1. The molecule has 0 atom stereocenters. The molecule has 0 spiro atoms. The Morgan fingerprint density at radius 2 is 1.70 bits per heavy atom. The zero-order chi connectivity index (χ0) is 15.5. The lowest BCUT2D eigenvalue weighted by Gasteiger charge is -2.22. The molecule has 3 N–H and O–H groups in total. The molecule has 7 heteroatoms. The van der Waals surface area contributed by atoms with Crippen LogP contribution in [-0.4, -0.2) is 12.4 Å². The van der Waals surface area contributed by atoms with Gasteiger partial charge in [0, 0.05) is 11.5 Å². The van der Waals surface area contributed by atoms with Crippen LogP contribution < -0.4 is 10.5 Å². The van der Waals surface area contributed by atoms with Crippen LogP contribution in [0.3, 0.4) is 0 Å². The van der Waals surface area contributed by atoms with Crippen LogP contribution in [0.4, 0.5) is 17.6 Å². The molecule has 0 aliphatic carbocycles.